The smallest absolute Gasteiger partial charge is 0.133 e. The number of nitrogens with one attached hydrogen (secondary N) is 1. The van der Waals surface area contributed by atoms with Crippen molar-refractivity contribution < 1.29 is 13.9 Å². The Kier molecular flexibility index (Phi) is 6.13. The number of hydrogen-bond acceptors (Lipinski definition) is 3. The van der Waals surface area contributed by atoms with Crippen LogP contribution in [0.2, 0.25) is 0 Å². The van der Waals surface area contributed by atoms with Crippen LogP contribution < -0.4 is 5.32 Å². The fourth-order valence-electron chi connectivity index (χ4n) is 2.37. The Bertz CT molecular complexity index is 425. The quantitative estimate of drug-likeness (QED) is 0.889. The molecule has 1 aromatic carbocycles. The van der Waals surface area contributed by atoms with Crippen LogP contribution >= 0.6 is 12.4 Å². The molecule has 1 atom stereocenters. The standard InChI is InChI=1S/C13H18F2N2O.ClH/c1-9-2-3-10(14)12(13(9)15)11(8-18)17-6-4-16-5-7-17;/h2-3,11,16,18H,4-8H2,1H3;1H/t11-;/m1./s1. The van der Waals surface area contributed by atoms with Gasteiger partial charge in [-0.15, -0.1) is 12.4 Å². The zero-order chi connectivity index (χ0) is 13.1. The van der Waals surface area contributed by atoms with Gasteiger partial charge in [-0.05, 0) is 18.6 Å². The van der Waals surface area contributed by atoms with Crippen molar-refractivity contribution in [2.45, 2.75) is 13.0 Å². The Morgan fingerprint density at radius 1 is 1.32 bits per heavy atom. The van der Waals surface area contributed by atoms with Crippen LogP contribution in [0.25, 0.3) is 0 Å². The summed E-state index contributed by atoms with van der Waals surface area (Å²) in [7, 11) is 0. The van der Waals surface area contributed by atoms with Gasteiger partial charge in [-0.2, -0.15) is 0 Å². The van der Waals surface area contributed by atoms with Crippen molar-refractivity contribution in [1.82, 2.24) is 10.2 Å². The Balaban J connectivity index is 0.00000180. The van der Waals surface area contributed by atoms with E-state index >= 15 is 0 Å². The zero-order valence-corrected chi connectivity index (χ0v) is 11.6. The molecule has 0 saturated carbocycles. The number of piperazine rings is 1. The van der Waals surface area contributed by atoms with E-state index in [-0.39, 0.29) is 24.6 Å². The van der Waals surface area contributed by atoms with E-state index in [1.807, 2.05) is 4.90 Å². The molecular weight excluding hydrogens is 274 g/mol. The highest BCUT2D eigenvalue weighted by atomic mass is 35.5. The number of halogens is 3. The summed E-state index contributed by atoms with van der Waals surface area (Å²) in [6, 6.07) is 2.07. The van der Waals surface area contributed by atoms with Gasteiger partial charge in [-0.3, -0.25) is 4.90 Å². The first kappa shape index (κ1) is 16.3. The normalized spacial score (nSPS) is 17.9. The molecule has 0 unspecified atom stereocenters. The van der Waals surface area contributed by atoms with E-state index in [4.69, 9.17) is 0 Å². The van der Waals surface area contributed by atoms with Crippen LogP contribution in [-0.2, 0) is 0 Å². The van der Waals surface area contributed by atoms with Gasteiger partial charge in [-0.25, -0.2) is 8.78 Å². The van der Waals surface area contributed by atoms with Crippen molar-refractivity contribution in [2.75, 3.05) is 32.8 Å². The Morgan fingerprint density at radius 2 is 1.95 bits per heavy atom. The molecule has 6 heteroatoms. The monoisotopic (exact) mass is 292 g/mol. The van der Waals surface area contributed by atoms with Gasteiger partial charge < -0.3 is 10.4 Å². The molecule has 2 N–H and O–H groups in total. The van der Waals surface area contributed by atoms with Crippen molar-refractivity contribution >= 4 is 12.4 Å². The van der Waals surface area contributed by atoms with Gasteiger partial charge in [0.1, 0.15) is 11.6 Å². The molecule has 19 heavy (non-hydrogen) atoms. The Labute approximate surface area is 118 Å². The minimum Gasteiger partial charge on any atom is -0.394 e. The lowest BCUT2D eigenvalue weighted by Gasteiger charge is -2.34. The molecular formula is C13H19ClF2N2O. The molecule has 1 fully saturated rings. The number of rotatable bonds is 3. The van der Waals surface area contributed by atoms with E-state index in [0.717, 1.165) is 13.1 Å². The lowest BCUT2D eigenvalue weighted by Crippen LogP contribution is -2.46. The second-order valence-corrected chi connectivity index (χ2v) is 4.58. The van der Waals surface area contributed by atoms with E-state index < -0.39 is 17.7 Å². The van der Waals surface area contributed by atoms with E-state index in [9.17, 15) is 13.9 Å². The number of hydrogen-bond donors (Lipinski definition) is 2. The van der Waals surface area contributed by atoms with Crippen molar-refractivity contribution in [2.24, 2.45) is 0 Å². The van der Waals surface area contributed by atoms with Crippen molar-refractivity contribution in [3.63, 3.8) is 0 Å². The van der Waals surface area contributed by atoms with Gasteiger partial charge in [0.2, 0.25) is 0 Å². The minimum absolute atomic E-state index is 0. The number of nitrogens with zero attached hydrogens (tertiary/aromatic N) is 1. The maximum absolute atomic E-state index is 14.1. The molecule has 0 aromatic heterocycles. The highest BCUT2D eigenvalue weighted by molar-refractivity contribution is 5.85. The van der Waals surface area contributed by atoms with E-state index in [1.165, 1.54) is 12.1 Å². The summed E-state index contributed by atoms with van der Waals surface area (Å²) in [6.45, 7) is 4.22. The summed E-state index contributed by atoms with van der Waals surface area (Å²) < 4.78 is 27.9. The predicted octanol–water partition coefficient (Wildman–Crippen LogP) is 1.63. The third-order valence-corrected chi connectivity index (χ3v) is 3.42. The predicted molar refractivity (Wildman–Crippen MR) is 72.6 cm³/mol. The molecule has 1 aliphatic heterocycles. The first-order valence-corrected chi connectivity index (χ1v) is 6.15. The summed E-state index contributed by atoms with van der Waals surface area (Å²) in [5.41, 5.74) is 0.388. The third-order valence-electron chi connectivity index (χ3n) is 3.42. The van der Waals surface area contributed by atoms with Crippen LogP contribution in [0.5, 0.6) is 0 Å². The second kappa shape index (κ2) is 7.14. The van der Waals surface area contributed by atoms with E-state index in [2.05, 4.69) is 5.32 Å². The lowest BCUT2D eigenvalue weighted by atomic mass is 10.0. The second-order valence-electron chi connectivity index (χ2n) is 4.58. The third kappa shape index (κ3) is 3.42. The van der Waals surface area contributed by atoms with Gasteiger partial charge in [0.15, 0.2) is 0 Å². The fraction of sp³-hybridized carbons (Fsp3) is 0.538. The molecule has 1 aromatic rings. The summed E-state index contributed by atoms with van der Waals surface area (Å²) >= 11 is 0. The van der Waals surface area contributed by atoms with Gasteiger partial charge in [0.25, 0.3) is 0 Å². The SMILES string of the molecule is Cc1ccc(F)c([C@@H](CO)N2CCNCC2)c1F.Cl. The maximum atomic E-state index is 14.1. The summed E-state index contributed by atoms with van der Waals surface area (Å²) in [5.74, 6) is -1.14. The van der Waals surface area contributed by atoms with Crippen LogP contribution in [-0.4, -0.2) is 42.8 Å². The van der Waals surface area contributed by atoms with Crippen LogP contribution in [0.15, 0.2) is 12.1 Å². The molecule has 0 radical (unpaired) electrons. The van der Waals surface area contributed by atoms with Crippen molar-refractivity contribution in [3.05, 3.63) is 34.9 Å². The Hall–Kier alpha value is -0.750. The van der Waals surface area contributed by atoms with Crippen LogP contribution in [0.3, 0.4) is 0 Å². The molecule has 1 heterocycles. The molecule has 0 spiro atoms. The lowest BCUT2D eigenvalue weighted by molar-refractivity contribution is 0.105. The number of aliphatic hydroxyl groups is 1. The van der Waals surface area contributed by atoms with Crippen molar-refractivity contribution in [1.29, 1.82) is 0 Å². The molecule has 0 aliphatic carbocycles. The molecule has 1 saturated heterocycles. The molecule has 0 bridgehead atoms. The topological polar surface area (TPSA) is 35.5 Å². The van der Waals surface area contributed by atoms with Crippen LogP contribution in [0.4, 0.5) is 8.78 Å². The number of aliphatic hydroxyl groups excluding tert-OH is 1. The van der Waals surface area contributed by atoms with Gasteiger partial charge >= 0.3 is 0 Å². The zero-order valence-electron chi connectivity index (χ0n) is 10.8. The van der Waals surface area contributed by atoms with Crippen molar-refractivity contribution in [3.8, 4) is 0 Å². The van der Waals surface area contributed by atoms with Gasteiger partial charge in [0.05, 0.1) is 12.6 Å². The van der Waals surface area contributed by atoms with E-state index in [0.29, 0.717) is 18.7 Å². The highest BCUT2D eigenvalue weighted by Crippen LogP contribution is 2.27. The first-order valence-electron chi connectivity index (χ1n) is 6.15. The first-order chi connectivity index (χ1) is 8.65. The molecule has 108 valence electrons. The molecule has 3 nitrogen and oxygen atoms in total. The number of benzene rings is 1. The van der Waals surface area contributed by atoms with E-state index in [1.54, 1.807) is 6.92 Å². The fourth-order valence-corrected chi connectivity index (χ4v) is 2.37. The largest absolute Gasteiger partial charge is 0.394 e. The summed E-state index contributed by atoms with van der Waals surface area (Å²) in [4.78, 5) is 1.91. The van der Waals surface area contributed by atoms with Gasteiger partial charge in [-0.1, -0.05) is 6.07 Å². The average molecular weight is 293 g/mol. The minimum atomic E-state index is -0.605. The van der Waals surface area contributed by atoms with Crippen LogP contribution in [0, 0.1) is 18.6 Å². The average Bonchev–Trinajstić information content (AvgIpc) is 2.40. The van der Waals surface area contributed by atoms with Gasteiger partial charge in [0, 0.05) is 31.7 Å². The molecule has 0 amide bonds. The molecule has 2 rings (SSSR count). The Morgan fingerprint density at radius 3 is 2.53 bits per heavy atom. The van der Waals surface area contributed by atoms with Crippen LogP contribution in [0.1, 0.15) is 17.2 Å². The summed E-state index contributed by atoms with van der Waals surface area (Å²) in [5, 5.41) is 12.7. The summed E-state index contributed by atoms with van der Waals surface area (Å²) in [6.07, 6.45) is 0. The number of aryl methyl sites for hydroxylation is 1. The maximum Gasteiger partial charge on any atom is 0.133 e. The highest BCUT2D eigenvalue weighted by Gasteiger charge is 2.27. The molecule has 1 aliphatic rings.